The second-order valence-corrected chi connectivity index (χ2v) is 9.14. The zero-order valence-corrected chi connectivity index (χ0v) is 20.5. The molecule has 0 unspecified atom stereocenters. The summed E-state index contributed by atoms with van der Waals surface area (Å²) in [6.45, 7) is 5.22. The topological polar surface area (TPSA) is 159 Å². The molecular weight excluding hydrogens is 464 g/mol. The van der Waals surface area contributed by atoms with Gasteiger partial charge >= 0.3 is 0 Å². The average molecular weight is 495 g/mol. The van der Waals surface area contributed by atoms with Crippen molar-refractivity contribution in [3.8, 4) is 10.6 Å². The first-order valence-electron chi connectivity index (χ1n) is 10.5. The maximum absolute atomic E-state index is 10.4. The molecule has 3 rings (SSSR count). The van der Waals surface area contributed by atoms with Crippen LogP contribution in [0.1, 0.15) is 23.9 Å². The molecule has 1 aliphatic carbocycles. The maximum atomic E-state index is 10.4. The lowest BCUT2D eigenvalue weighted by molar-refractivity contribution is 0.0781. The van der Waals surface area contributed by atoms with Gasteiger partial charge in [0.2, 0.25) is 5.95 Å². The van der Waals surface area contributed by atoms with Crippen LogP contribution in [0, 0.1) is 12.8 Å². The van der Waals surface area contributed by atoms with E-state index in [9.17, 15) is 15.3 Å². The highest BCUT2D eigenvalue weighted by molar-refractivity contribution is 7.98. The zero-order chi connectivity index (χ0) is 24.0. The van der Waals surface area contributed by atoms with E-state index >= 15 is 0 Å². The third-order valence-corrected chi connectivity index (χ3v) is 6.97. The number of allylic oxidation sites excluding steroid dienone is 1. The van der Waals surface area contributed by atoms with Gasteiger partial charge in [-0.1, -0.05) is 0 Å². The minimum Gasteiger partial charge on any atom is -0.508 e. The number of nitrogens with zero attached hydrogens (tertiary/aromatic N) is 3. The highest BCUT2D eigenvalue weighted by Crippen LogP contribution is 2.39. The molecule has 0 amide bonds. The Hall–Kier alpha value is -2.38. The van der Waals surface area contributed by atoms with Crippen molar-refractivity contribution < 1.29 is 20.1 Å². The van der Waals surface area contributed by atoms with Crippen molar-refractivity contribution in [1.29, 1.82) is 0 Å². The largest absolute Gasteiger partial charge is 0.508 e. The fraction of sp³-hybridized carbons (Fsp3) is 0.476. The highest BCUT2D eigenvalue weighted by Gasteiger charge is 2.34. The predicted molar refractivity (Wildman–Crippen MR) is 132 cm³/mol. The van der Waals surface area contributed by atoms with E-state index in [2.05, 4.69) is 20.6 Å². The van der Waals surface area contributed by atoms with Gasteiger partial charge in [-0.3, -0.25) is 0 Å². The highest BCUT2D eigenvalue weighted by atomic mass is 32.2. The molecule has 180 valence electrons. The Morgan fingerprint density at radius 3 is 2.76 bits per heavy atom. The Morgan fingerprint density at radius 2 is 2.12 bits per heavy atom. The molecule has 0 saturated carbocycles. The number of hydrogen-bond donors (Lipinski definition) is 6. The quantitative estimate of drug-likeness (QED) is 0.201. The van der Waals surface area contributed by atoms with Crippen molar-refractivity contribution in [1.82, 2.24) is 15.0 Å². The molecule has 0 spiro atoms. The van der Waals surface area contributed by atoms with E-state index in [0.717, 1.165) is 9.90 Å². The van der Waals surface area contributed by atoms with Gasteiger partial charge in [-0.25, -0.2) is 9.97 Å². The predicted octanol–water partition coefficient (Wildman–Crippen LogP) is 2.56. The number of thiazole rings is 1. The van der Waals surface area contributed by atoms with Crippen molar-refractivity contribution in [2.45, 2.75) is 31.4 Å². The average Bonchev–Trinajstić information content (AvgIpc) is 3.32. The monoisotopic (exact) mass is 494 g/mol. The molecule has 2 aromatic heterocycles. The second kappa shape index (κ2) is 11.7. The lowest BCUT2D eigenvalue weighted by Gasteiger charge is -2.15. The van der Waals surface area contributed by atoms with Crippen molar-refractivity contribution in [3.63, 3.8) is 0 Å². The number of aliphatic hydroxyl groups excluding tert-OH is 3. The van der Waals surface area contributed by atoms with Gasteiger partial charge in [0, 0.05) is 25.7 Å². The third kappa shape index (κ3) is 5.76. The molecule has 2 atom stereocenters. The van der Waals surface area contributed by atoms with Crippen LogP contribution in [-0.2, 0) is 4.74 Å². The van der Waals surface area contributed by atoms with E-state index in [1.807, 2.05) is 20.1 Å². The van der Waals surface area contributed by atoms with Crippen LogP contribution in [0.2, 0.25) is 0 Å². The van der Waals surface area contributed by atoms with Crippen LogP contribution < -0.4 is 16.4 Å². The number of aromatic nitrogens is 3. The van der Waals surface area contributed by atoms with Gasteiger partial charge in [-0.2, -0.15) is 4.98 Å². The number of nitrogens with two attached hydrogens (primary N) is 1. The smallest absolute Gasteiger partial charge is 0.224 e. The first-order valence-corrected chi connectivity index (χ1v) is 12.6. The van der Waals surface area contributed by atoms with Gasteiger partial charge in [0.15, 0.2) is 0 Å². The summed E-state index contributed by atoms with van der Waals surface area (Å²) in [7, 11) is 0. The Labute approximate surface area is 201 Å². The molecular formula is C21H30N6O4S2. The van der Waals surface area contributed by atoms with Crippen molar-refractivity contribution in [2.24, 2.45) is 11.7 Å². The fourth-order valence-corrected chi connectivity index (χ4v) is 5.30. The Balaban J connectivity index is 2.03. The summed E-state index contributed by atoms with van der Waals surface area (Å²) in [6, 6.07) is 0. The molecule has 10 nitrogen and oxygen atoms in total. The zero-order valence-electron chi connectivity index (χ0n) is 18.8. The van der Waals surface area contributed by atoms with Crippen molar-refractivity contribution in [3.05, 3.63) is 28.2 Å². The number of thioether (sulfide) groups is 1. The summed E-state index contributed by atoms with van der Waals surface area (Å²) in [6.07, 6.45) is 4.37. The molecule has 0 saturated heterocycles. The molecule has 2 aromatic rings. The molecule has 0 fully saturated rings. The van der Waals surface area contributed by atoms with E-state index in [-0.39, 0.29) is 18.8 Å². The van der Waals surface area contributed by atoms with Crippen LogP contribution >= 0.6 is 23.1 Å². The Morgan fingerprint density at radius 1 is 1.33 bits per heavy atom. The van der Waals surface area contributed by atoms with Gasteiger partial charge in [-0.15, -0.1) is 23.1 Å². The summed E-state index contributed by atoms with van der Waals surface area (Å²) in [5, 5.41) is 38.0. The number of ether oxygens (including phenoxy) is 1. The van der Waals surface area contributed by atoms with Gasteiger partial charge in [-0.05, 0) is 38.8 Å². The standard InChI is InChI=1S/C21H30N6O4S2/c1-4-31-8-7-23-21-24-11(2)15(20-27-19(32-3)14(33-20)5-6-22)18(26-21)25-13-9-12(10-28)16(29)17(13)30/h5-6,12,16,28-30H,4,7-10,22H2,1-3H3,(H2,23,24,25,26)/b6-5-/t12-,16-/m1/s1. The molecule has 0 aliphatic heterocycles. The molecule has 2 heterocycles. The molecule has 1 aliphatic rings. The number of aliphatic hydroxyl groups is 3. The van der Waals surface area contributed by atoms with Crippen molar-refractivity contribution in [2.75, 3.05) is 43.3 Å². The molecule has 0 radical (unpaired) electrons. The lowest BCUT2D eigenvalue weighted by atomic mass is 10.1. The van der Waals surface area contributed by atoms with Crippen LogP contribution in [0.4, 0.5) is 11.8 Å². The lowest BCUT2D eigenvalue weighted by Crippen LogP contribution is -2.20. The molecule has 33 heavy (non-hydrogen) atoms. The number of aryl methyl sites for hydroxylation is 1. The Bertz CT molecular complexity index is 1030. The van der Waals surface area contributed by atoms with Crippen LogP contribution in [0.15, 0.2) is 22.7 Å². The van der Waals surface area contributed by atoms with Crippen molar-refractivity contribution >= 4 is 40.9 Å². The van der Waals surface area contributed by atoms with Gasteiger partial charge < -0.3 is 36.4 Å². The van der Waals surface area contributed by atoms with E-state index in [1.165, 1.54) is 29.3 Å². The number of rotatable bonds is 11. The summed E-state index contributed by atoms with van der Waals surface area (Å²) >= 11 is 2.97. The molecule has 0 bridgehead atoms. The first-order chi connectivity index (χ1) is 15.9. The van der Waals surface area contributed by atoms with Gasteiger partial charge in [0.1, 0.15) is 27.7 Å². The molecule has 12 heteroatoms. The van der Waals surface area contributed by atoms with E-state index < -0.39 is 12.0 Å². The van der Waals surface area contributed by atoms with Gasteiger partial charge in [0.05, 0.1) is 28.4 Å². The van der Waals surface area contributed by atoms with E-state index in [4.69, 9.17) is 15.5 Å². The molecule has 0 aromatic carbocycles. The summed E-state index contributed by atoms with van der Waals surface area (Å²) in [5.74, 6) is 0.169. The van der Waals surface area contributed by atoms with Crippen LogP contribution in [0.3, 0.4) is 0 Å². The summed E-state index contributed by atoms with van der Waals surface area (Å²) < 4.78 is 5.36. The number of anilines is 2. The second-order valence-electron chi connectivity index (χ2n) is 7.31. The normalized spacial score (nSPS) is 18.5. The van der Waals surface area contributed by atoms with Gasteiger partial charge in [0.25, 0.3) is 0 Å². The summed E-state index contributed by atoms with van der Waals surface area (Å²) in [4.78, 5) is 14.9. The van der Waals surface area contributed by atoms with Crippen LogP contribution in [0.5, 0.6) is 0 Å². The van der Waals surface area contributed by atoms with E-state index in [0.29, 0.717) is 53.5 Å². The minimum atomic E-state index is -1.13. The van der Waals surface area contributed by atoms with Crippen LogP contribution in [-0.4, -0.2) is 69.0 Å². The fourth-order valence-electron chi connectivity index (χ4n) is 3.44. The number of nitrogens with one attached hydrogen (secondary N) is 2. The SMILES string of the molecule is CCOCCNc1nc(C)c(-c2nc(SC)c(/C=C\N)s2)c(NC2=C(O)[C@H](O)[C@@H](CO)C2)n1. The number of hydrogen-bond acceptors (Lipinski definition) is 12. The first kappa shape index (κ1) is 25.2. The third-order valence-electron chi connectivity index (χ3n) is 5.10. The van der Waals surface area contributed by atoms with Crippen LogP contribution in [0.25, 0.3) is 16.6 Å². The Kier molecular flexibility index (Phi) is 8.92. The molecule has 7 N–H and O–H groups in total. The van der Waals surface area contributed by atoms with E-state index in [1.54, 1.807) is 6.08 Å². The minimum absolute atomic E-state index is 0.196. The maximum Gasteiger partial charge on any atom is 0.224 e. The summed E-state index contributed by atoms with van der Waals surface area (Å²) in [5.41, 5.74) is 7.38.